The van der Waals surface area contributed by atoms with Gasteiger partial charge in [0.05, 0.1) is 11.9 Å². The van der Waals surface area contributed by atoms with E-state index in [1.165, 1.54) is 0 Å². The number of carbonyl (C=O) groups excluding carboxylic acids is 1. The number of amides is 1. The minimum absolute atomic E-state index is 0.00149. The van der Waals surface area contributed by atoms with Crippen molar-refractivity contribution < 1.29 is 4.79 Å². The van der Waals surface area contributed by atoms with Crippen molar-refractivity contribution in [2.75, 3.05) is 5.73 Å². The highest BCUT2D eigenvalue weighted by atomic mass is 16.1. The number of benzene rings is 1. The van der Waals surface area contributed by atoms with E-state index in [0.717, 1.165) is 5.56 Å². The molecule has 2 aromatic rings. The Morgan fingerprint density at radius 1 is 1.53 bits per heavy atom. The van der Waals surface area contributed by atoms with Crippen LogP contribution in [-0.2, 0) is 6.54 Å². The number of aryl methyl sites for hydroxylation is 1. The van der Waals surface area contributed by atoms with Crippen LogP contribution in [0, 0.1) is 6.92 Å². The molecule has 2 rings (SSSR count). The van der Waals surface area contributed by atoms with E-state index in [9.17, 15) is 4.79 Å². The molecule has 0 fully saturated rings. The number of nitrogen functional groups attached to an aromatic ring is 1. The van der Waals surface area contributed by atoms with Gasteiger partial charge >= 0.3 is 0 Å². The standard InChI is InChI=1S/C14H18N4O/c1-10-4-3-5-12(13(10)15)14(19)17-11(2)8-18-7-6-16-9-18/h3-7,9,11H,8,15H2,1-2H3,(H,17,19). The first kappa shape index (κ1) is 13.1. The van der Waals surface area contributed by atoms with Crippen molar-refractivity contribution >= 4 is 11.6 Å². The summed E-state index contributed by atoms with van der Waals surface area (Å²) in [6, 6.07) is 5.46. The van der Waals surface area contributed by atoms with Crippen LogP contribution < -0.4 is 11.1 Å². The van der Waals surface area contributed by atoms with E-state index in [1.54, 1.807) is 18.6 Å². The zero-order chi connectivity index (χ0) is 13.8. The summed E-state index contributed by atoms with van der Waals surface area (Å²) in [5.74, 6) is -0.145. The number of hydrogen-bond donors (Lipinski definition) is 2. The lowest BCUT2D eigenvalue weighted by Gasteiger charge is -2.15. The van der Waals surface area contributed by atoms with Gasteiger partial charge in [-0.25, -0.2) is 4.98 Å². The number of carbonyl (C=O) groups is 1. The molecule has 0 aliphatic heterocycles. The molecule has 1 atom stereocenters. The molecule has 0 aliphatic rings. The predicted octanol–water partition coefficient (Wildman–Crippen LogP) is 1.59. The van der Waals surface area contributed by atoms with E-state index >= 15 is 0 Å². The SMILES string of the molecule is Cc1cccc(C(=O)NC(C)Cn2ccnc2)c1N. The summed E-state index contributed by atoms with van der Waals surface area (Å²) in [4.78, 5) is 16.1. The lowest BCUT2D eigenvalue weighted by atomic mass is 10.1. The molecule has 1 unspecified atom stereocenters. The normalized spacial score (nSPS) is 12.1. The van der Waals surface area contributed by atoms with Gasteiger partial charge in [-0.2, -0.15) is 0 Å². The van der Waals surface area contributed by atoms with Crippen LogP contribution in [0.1, 0.15) is 22.8 Å². The Kier molecular flexibility index (Phi) is 3.85. The Bertz CT molecular complexity index is 563. The molecule has 19 heavy (non-hydrogen) atoms. The molecule has 0 bridgehead atoms. The average Bonchev–Trinajstić information content (AvgIpc) is 2.85. The third-order valence-electron chi connectivity index (χ3n) is 2.99. The fourth-order valence-electron chi connectivity index (χ4n) is 1.94. The van der Waals surface area contributed by atoms with E-state index in [-0.39, 0.29) is 11.9 Å². The molecule has 1 aromatic carbocycles. The molecule has 0 saturated heterocycles. The third-order valence-corrected chi connectivity index (χ3v) is 2.99. The van der Waals surface area contributed by atoms with Gasteiger partial charge in [-0.1, -0.05) is 12.1 Å². The van der Waals surface area contributed by atoms with E-state index in [2.05, 4.69) is 10.3 Å². The minimum Gasteiger partial charge on any atom is -0.398 e. The first-order chi connectivity index (χ1) is 9.08. The topological polar surface area (TPSA) is 72.9 Å². The van der Waals surface area contributed by atoms with Crippen molar-refractivity contribution in [3.8, 4) is 0 Å². The monoisotopic (exact) mass is 258 g/mol. The van der Waals surface area contributed by atoms with Gasteiger partial charge < -0.3 is 15.6 Å². The molecular formula is C14H18N4O. The van der Waals surface area contributed by atoms with Gasteiger partial charge in [-0.3, -0.25) is 4.79 Å². The Morgan fingerprint density at radius 2 is 2.32 bits per heavy atom. The molecule has 100 valence electrons. The Balaban J connectivity index is 2.02. The van der Waals surface area contributed by atoms with Crippen LogP contribution in [-0.4, -0.2) is 21.5 Å². The summed E-state index contributed by atoms with van der Waals surface area (Å²) in [6.07, 6.45) is 5.31. The number of hydrogen-bond acceptors (Lipinski definition) is 3. The van der Waals surface area contributed by atoms with Crippen LogP contribution in [0.25, 0.3) is 0 Å². The number of nitrogens with zero attached hydrogens (tertiary/aromatic N) is 2. The zero-order valence-electron chi connectivity index (χ0n) is 11.1. The van der Waals surface area contributed by atoms with Crippen LogP contribution in [0.4, 0.5) is 5.69 Å². The molecule has 5 heteroatoms. The molecule has 0 spiro atoms. The summed E-state index contributed by atoms with van der Waals surface area (Å²) in [5.41, 5.74) is 7.89. The van der Waals surface area contributed by atoms with Crippen molar-refractivity contribution in [2.45, 2.75) is 26.4 Å². The summed E-state index contributed by atoms with van der Waals surface area (Å²) in [5, 5.41) is 2.93. The average molecular weight is 258 g/mol. The lowest BCUT2D eigenvalue weighted by molar-refractivity contribution is 0.0937. The second kappa shape index (κ2) is 5.56. The van der Waals surface area contributed by atoms with Crippen LogP contribution in [0.5, 0.6) is 0 Å². The second-order valence-electron chi connectivity index (χ2n) is 4.67. The minimum atomic E-state index is -0.145. The number of anilines is 1. The number of imidazole rings is 1. The molecule has 1 aromatic heterocycles. The van der Waals surface area contributed by atoms with Gasteiger partial charge in [0.1, 0.15) is 0 Å². The summed E-state index contributed by atoms with van der Waals surface area (Å²) in [6.45, 7) is 4.52. The van der Waals surface area contributed by atoms with Crippen LogP contribution in [0.3, 0.4) is 0 Å². The molecular weight excluding hydrogens is 240 g/mol. The quantitative estimate of drug-likeness (QED) is 0.818. The highest BCUT2D eigenvalue weighted by Crippen LogP contribution is 2.16. The number of aromatic nitrogens is 2. The smallest absolute Gasteiger partial charge is 0.253 e. The van der Waals surface area contributed by atoms with E-state index in [4.69, 9.17) is 5.73 Å². The van der Waals surface area contributed by atoms with Gasteiger partial charge in [0.15, 0.2) is 0 Å². The maximum Gasteiger partial charge on any atom is 0.253 e. The molecule has 3 N–H and O–H groups in total. The number of nitrogens with one attached hydrogen (secondary N) is 1. The molecule has 0 aliphatic carbocycles. The molecule has 0 radical (unpaired) electrons. The number of nitrogens with two attached hydrogens (primary N) is 1. The summed E-state index contributed by atoms with van der Waals surface area (Å²) < 4.78 is 1.92. The van der Waals surface area contributed by atoms with E-state index in [1.807, 2.05) is 36.7 Å². The van der Waals surface area contributed by atoms with Gasteiger partial charge in [0.2, 0.25) is 0 Å². The van der Waals surface area contributed by atoms with E-state index in [0.29, 0.717) is 17.8 Å². The maximum atomic E-state index is 12.1. The highest BCUT2D eigenvalue weighted by molar-refractivity contribution is 5.99. The van der Waals surface area contributed by atoms with Crippen LogP contribution in [0.15, 0.2) is 36.9 Å². The van der Waals surface area contributed by atoms with Gasteiger partial charge in [0, 0.05) is 30.7 Å². The van der Waals surface area contributed by atoms with Crippen molar-refractivity contribution in [3.63, 3.8) is 0 Å². The van der Waals surface area contributed by atoms with Gasteiger partial charge in [-0.05, 0) is 25.5 Å². The first-order valence-electron chi connectivity index (χ1n) is 6.19. The summed E-state index contributed by atoms with van der Waals surface area (Å²) in [7, 11) is 0. The van der Waals surface area contributed by atoms with E-state index < -0.39 is 0 Å². The highest BCUT2D eigenvalue weighted by Gasteiger charge is 2.13. The largest absolute Gasteiger partial charge is 0.398 e. The first-order valence-corrected chi connectivity index (χ1v) is 6.19. The molecule has 5 nitrogen and oxygen atoms in total. The lowest BCUT2D eigenvalue weighted by Crippen LogP contribution is -2.35. The zero-order valence-corrected chi connectivity index (χ0v) is 11.1. The number of para-hydroxylation sites is 1. The Hall–Kier alpha value is -2.30. The van der Waals surface area contributed by atoms with Crippen LogP contribution >= 0.6 is 0 Å². The van der Waals surface area contributed by atoms with Crippen LogP contribution in [0.2, 0.25) is 0 Å². The van der Waals surface area contributed by atoms with Gasteiger partial charge in [-0.15, -0.1) is 0 Å². The van der Waals surface area contributed by atoms with Crippen molar-refractivity contribution in [2.24, 2.45) is 0 Å². The second-order valence-corrected chi connectivity index (χ2v) is 4.67. The Labute approximate surface area is 112 Å². The fraction of sp³-hybridized carbons (Fsp3) is 0.286. The maximum absolute atomic E-state index is 12.1. The van der Waals surface area contributed by atoms with Crippen molar-refractivity contribution in [1.82, 2.24) is 14.9 Å². The van der Waals surface area contributed by atoms with Crippen molar-refractivity contribution in [3.05, 3.63) is 48.0 Å². The van der Waals surface area contributed by atoms with Gasteiger partial charge in [0.25, 0.3) is 5.91 Å². The third kappa shape index (κ3) is 3.13. The molecule has 1 heterocycles. The van der Waals surface area contributed by atoms with Crippen molar-refractivity contribution in [1.29, 1.82) is 0 Å². The Morgan fingerprint density at radius 3 is 3.00 bits per heavy atom. The molecule has 1 amide bonds. The molecule has 0 saturated carbocycles. The fourth-order valence-corrected chi connectivity index (χ4v) is 1.94. The summed E-state index contributed by atoms with van der Waals surface area (Å²) >= 11 is 0. The predicted molar refractivity (Wildman–Crippen MR) is 74.7 cm³/mol. The number of rotatable bonds is 4.